The molecule has 3 amide bonds. The molecule has 0 aliphatic heterocycles. The molecule has 0 aromatic carbocycles. The van der Waals surface area contributed by atoms with Crippen molar-refractivity contribution in [1.82, 2.24) is 20.6 Å². The van der Waals surface area contributed by atoms with Crippen LogP contribution in [0, 0.1) is 6.92 Å². The summed E-state index contributed by atoms with van der Waals surface area (Å²) in [6.07, 6.45) is 1.82. The van der Waals surface area contributed by atoms with Crippen molar-refractivity contribution < 1.29 is 19.8 Å². The number of aliphatic hydroxyl groups is 2. The van der Waals surface area contributed by atoms with Crippen LogP contribution in [-0.2, 0) is 4.79 Å². The SMILES string of the molecule is Cc1cc(=O)[nH]c(NC(=O)NCCCCNC(=O)CCCC(O)CO)n1. The first kappa shape index (κ1) is 21.6. The maximum atomic E-state index is 11.7. The van der Waals surface area contributed by atoms with Crippen LogP contribution < -0.4 is 21.5 Å². The van der Waals surface area contributed by atoms with Crippen LogP contribution >= 0.6 is 0 Å². The summed E-state index contributed by atoms with van der Waals surface area (Å²) in [6, 6.07) is 0.858. The Kier molecular flexibility index (Phi) is 9.95. The molecule has 0 aliphatic carbocycles. The van der Waals surface area contributed by atoms with Crippen molar-refractivity contribution in [1.29, 1.82) is 0 Å². The number of urea groups is 1. The highest BCUT2D eigenvalue weighted by atomic mass is 16.3. The number of carbonyl (C=O) groups excluding carboxylic acids is 2. The Hall–Kier alpha value is -2.46. The first-order chi connectivity index (χ1) is 12.4. The number of carbonyl (C=O) groups is 2. The monoisotopic (exact) mass is 369 g/mol. The maximum Gasteiger partial charge on any atom is 0.321 e. The molecule has 0 fully saturated rings. The zero-order valence-electron chi connectivity index (χ0n) is 14.9. The molecule has 26 heavy (non-hydrogen) atoms. The van der Waals surface area contributed by atoms with Gasteiger partial charge in [0, 0.05) is 31.3 Å². The number of nitrogens with one attached hydrogen (secondary N) is 4. The number of aliphatic hydroxyl groups excluding tert-OH is 2. The summed E-state index contributed by atoms with van der Waals surface area (Å²) in [5.41, 5.74) is 0.167. The van der Waals surface area contributed by atoms with E-state index in [0.717, 1.165) is 0 Å². The van der Waals surface area contributed by atoms with E-state index in [2.05, 4.69) is 25.9 Å². The Morgan fingerprint density at radius 1 is 1.23 bits per heavy atom. The molecule has 1 heterocycles. The third-order valence-electron chi connectivity index (χ3n) is 3.46. The lowest BCUT2D eigenvalue weighted by Crippen LogP contribution is -2.31. The third kappa shape index (κ3) is 9.74. The Morgan fingerprint density at radius 3 is 2.58 bits per heavy atom. The smallest absolute Gasteiger partial charge is 0.321 e. The fraction of sp³-hybridized carbons (Fsp3) is 0.625. The van der Waals surface area contributed by atoms with Crippen LogP contribution in [0.3, 0.4) is 0 Å². The van der Waals surface area contributed by atoms with Gasteiger partial charge in [-0.2, -0.15) is 0 Å². The highest BCUT2D eigenvalue weighted by Crippen LogP contribution is 2.00. The molecule has 1 rings (SSSR count). The minimum atomic E-state index is -0.771. The molecule has 10 nitrogen and oxygen atoms in total. The van der Waals surface area contributed by atoms with Gasteiger partial charge in [0.25, 0.3) is 5.56 Å². The van der Waals surface area contributed by atoms with Gasteiger partial charge >= 0.3 is 6.03 Å². The van der Waals surface area contributed by atoms with Crippen molar-refractivity contribution in [2.75, 3.05) is 25.0 Å². The summed E-state index contributed by atoms with van der Waals surface area (Å²) in [6.45, 7) is 2.28. The molecular formula is C16H27N5O5. The van der Waals surface area contributed by atoms with Crippen LogP contribution in [0.25, 0.3) is 0 Å². The highest BCUT2D eigenvalue weighted by Gasteiger charge is 2.06. The summed E-state index contributed by atoms with van der Waals surface area (Å²) >= 11 is 0. The quantitative estimate of drug-likeness (QED) is 0.292. The third-order valence-corrected chi connectivity index (χ3v) is 3.46. The van der Waals surface area contributed by atoms with E-state index in [4.69, 9.17) is 10.2 Å². The number of unbranched alkanes of at least 4 members (excludes halogenated alkanes) is 1. The number of nitrogens with zero attached hydrogens (tertiary/aromatic N) is 1. The number of hydrogen-bond acceptors (Lipinski definition) is 6. The van der Waals surface area contributed by atoms with E-state index in [0.29, 0.717) is 50.9 Å². The highest BCUT2D eigenvalue weighted by molar-refractivity contribution is 5.87. The van der Waals surface area contributed by atoms with Crippen LogP contribution in [-0.4, -0.2) is 57.9 Å². The lowest BCUT2D eigenvalue weighted by molar-refractivity contribution is -0.121. The van der Waals surface area contributed by atoms with Gasteiger partial charge in [0.15, 0.2) is 0 Å². The minimum absolute atomic E-state index is 0.0890. The Bertz CT molecular complexity index is 634. The molecule has 0 bridgehead atoms. The summed E-state index contributed by atoms with van der Waals surface area (Å²) < 4.78 is 0. The first-order valence-corrected chi connectivity index (χ1v) is 8.59. The molecule has 1 unspecified atom stereocenters. The number of aromatic nitrogens is 2. The average Bonchev–Trinajstić information content (AvgIpc) is 2.56. The van der Waals surface area contributed by atoms with Crippen molar-refractivity contribution in [2.24, 2.45) is 0 Å². The molecule has 6 N–H and O–H groups in total. The normalized spacial score (nSPS) is 11.7. The number of amides is 3. The van der Waals surface area contributed by atoms with E-state index in [1.807, 2.05) is 0 Å². The molecule has 0 radical (unpaired) electrons. The van der Waals surface area contributed by atoms with Gasteiger partial charge in [0.1, 0.15) is 0 Å². The lowest BCUT2D eigenvalue weighted by atomic mass is 10.1. The first-order valence-electron chi connectivity index (χ1n) is 8.59. The predicted octanol–water partition coefficient (Wildman–Crippen LogP) is -0.380. The molecule has 0 spiro atoms. The van der Waals surface area contributed by atoms with E-state index in [-0.39, 0.29) is 24.0 Å². The maximum absolute atomic E-state index is 11.7. The number of anilines is 1. The van der Waals surface area contributed by atoms with Gasteiger partial charge in [-0.15, -0.1) is 0 Å². The van der Waals surface area contributed by atoms with Crippen molar-refractivity contribution in [3.63, 3.8) is 0 Å². The zero-order chi connectivity index (χ0) is 19.4. The van der Waals surface area contributed by atoms with E-state index in [1.54, 1.807) is 6.92 Å². The van der Waals surface area contributed by atoms with Crippen molar-refractivity contribution >= 4 is 17.9 Å². The molecule has 10 heteroatoms. The van der Waals surface area contributed by atoms with Gasteiger partial charge in [-0.25, -0.2) is 9.78 Å². The largest absolute Gasteiger partial charge is 0.394 e. The van der Waals surface area contributed by atoms with Gasteiger partial charge in [-0.05, 0) is 32.6 Å². The molecular weight excluding hydrogens is 342 g/mol. The number of rotatable bonds is 11. The molecule has 1 aromatic heterocycles. The molecule has 0 saturated carbocycles. The fourth-order valence-electron chi connectivity index (χ4n) is 2.15. The van der Waals surface area contributed by atoms with Gasteiger partial charge in [-0.3, -0.25) is 19.9 Å². The summed E-state index contributed by atoms with van der Waals surface area (Å²) in [4.78, 5) is 40.9. The van der Waals surface area contributed by atoms with Gasteiger partial charge in [0.05, 0.1) is 12.7 Å². The van der Waals surface area contributed by atoms with Crippen molar-refractivity contribution in [3.8, 4) is 0 Å². The van der Waals surface area contributed by atoms with Crippen LogP contribution in [0.4, 0.5) is 10.7 Å². The number of aromatic amines is 1. The molecule has 1 aromatic rings. The van der Waals surface area contributed by atoms with Gasteiger partial charge in [0.2, 0.25) is 11.9 Å². The second-order valence-corrected chi connectivity index (χ2v) is 5.90. The number of aryl methyl sites for hydroxylation is 1. The Morgan fingerprint density at radius 2 is 1.92 bits per heavy atom. The summed E-state index contributed by atoms with van der Waals surface area (Å²) in [5.74, 6) is -0.0126. The van der Waals surface area contributed by atoms with Crippen LogP contribution in [0.5, 0.6) is 0 Å². The van der Waals surface area contributed by atoms with Crippen LogP contribution in [0.15, 0.2) is 10.9 Å². The molecule has 0 saturated heterocycles. The predicted molar refractivity (Wildman–Crippen MR) is 95.8 cm³/mol. The van der Waals surface area contributed by atoms with E-state index >= 15 is 0 Å². The number of H-pyrrole nitrogens is 1. The zero-order valence-corrected chi connectivity index (χ0v) is 14.9. The van der Waals surface area contributed by atoms with E-state index in [9.17, 15) is 14.4 Å². The van der Waals surface area contributed by atoms with Crippen LogP contribution in [0.1, 0.15) is 37.8 Å². The van der Waals surface area contributed by atoms with Gasteiger partial charge in [-0.1, -0.05) is 0 Å². The van der Waals surface area contributed by atoms with E-state index in [1.165, 1.54) is 6.07 Å². The standard InChI is InChI=1S/C16H27N5O5/c1-11-9-14(25)20-15(19-11)21-16(26)18-8-3-2-7-17-13(24)6-4-5-12(23)10-22/h9,12,22-23H,2-8,10H2,1H3,(H,17,24)(H3,18,19,20,21,25,26). The van der Waals surface area contributed by atoms with Crippen molar-refractivity contribution in [3.05, 3.63) is 22.1 Å². The average molecular weight is 369 g/mol. The van der Waals surface area contributed by atoms with Crippen molar-refractivity contribution in [2.45, 2.75) is 45.1 Å². The lowest BCUT2D eigenvalue weighted by Gasteiger charge is -2.08. The fourth-order valence-corrected chi connectivity index (χ4v) is 2.15. The second-order valence-electron chi connectivity index (χ2n) is 5.90. The van der Waals surface area contributed by atoms with Gasteiger partial charge < -0.3 is 20.8 Å². The molecule has 1 atom stereocenters. The molecule has 146 valence electrons. The summed E-state index contributed by atoms with van der Waals surface area (Å²) in [7, 11) is 0. The van der Waals surface area contributed by atoms with Crippen LogP contribution in [0.2, 0.25) is 0 Å². The second kappa shape index (κ2) is 12.0. The number of hydrogen-bond donors (Lipinski definition) is 6. The molecule has 0 aliphatic rings. The van der Waals surface area contributed by atoms with E-state index < -0.39 is 12.1 Å². The Labute approximate surface area is 151 Å². The Balaban J connectivity index is 2.07. The minimum Gasteiger partial charge on any atom is -0.394 e. The topological polar surface area (TPSA) is 156 Å². The summed E-state index contributed by atoms with van der Waals surface area (Å²) in [5, 5.41) is 25.7.